The topological polar surface area (TPSA) is 48.1 Å². The number of nitrogens with two attached hydrogens (primary N) is 1. The lowest BCUT2D eigenvalue weighted by atomic mass is 10.1. The molecule has 0 unspecified atom stereocenters. The summed E-state index contributed by atoms with van der Waals surface area (Å²) in [5, 5.41) is 1.26. The number of aromatic nitrogens is 1. The molecule has 0 aliphatic rings. The number of anilines is 1. The Morgan fingerprint density at radius 2 is 2.00 bits per heavy atom. The maximum atomic E-state index is 12.8. The van der Waals surface area contributed by atoms with Crippen LogP contribution in [0.2, 0.25) is 0 Å². The van der Waals surface area contributed by atoms with E-state index in [1.165, 1.54) is 12.3 Å². The lowest BCUT2D eigenvalue weighted by Gasteiger charge is -2.17. The second-order valence-electron chi connectivity index (χ2n) is 3.92. The molecule has 7 heteroatoms. The molecule has 19 heavy (non-hydrogen) atoms. The van der Waals surface area contributed by atoms with Crippen LogP contribution in [0.3, 0.4) is 0 Å². The van der Waals surface area contributed by atoms with E-state index in [9.17, 15) is 17.6 Å². The van der Waals surface area contributed by atoms with E-state index in [-0.39, 0.29) is 11.4 Å². The largest absolute Gasteiger partial charge is 0.485 e. The molecule has 0 atom stereocenters. The van der Waals surface area contributed by atoms with Crippen molar-refractivity contribution >= 4 is 16.5 Å². The van der Waals surface area contributed by atoms with Crippen molar-refractivity contribution in [2.45, 2.75) is 12.3 Å². The fourth-order valence-electron chi connectivity index (χ4n) is 1.54. The zero-order valence-electron chi connectivity index (χ0n) is 9.62. The molecular formula is C12H10F4N2O. The first-order chi connectivity index (χ1) is 8.92. The van der Waals surface area contributed by atoms with Crippen molar-refractivity contribution < 1.29 is 22.3 Å². The molecule has 1 aromatic carbocycles. The summed E-state index contributed by atoms with van der Waals surface area (Å²) in [6.45, 7) is -1.43. The second-order valence-corrected chi connectivity index (χ2v) is 3.92. The number of pyridine rings is 1. The predicted octanol–water partition coefficient (Wildman–Crippen LogP) is 3.10. The van der Waals surface area contributed by atoms with Gasteiger partial charge in [-0.2, -0.15) is 8.78 Å². The fraction of sp³-hybridized carbons (Fsp3) is 0.250. The second kappa shape index (κ2) is 4.91. The molecule has 0 amide bonds. The molecule has 0 saturated heterocycles. The molecule has 2 aromatic rings. The molecule has 1 heterocycles. The number of alkyl halides is 4. The van der Waals surface area contributed by atoms with Crippen LogP contribution < -0.4 is 10.5 Å². The van der Waals surface area contributed by atoms with Gasteiger partial charge in [-0.3, -0.25) is 4.98 Å². The highest BCUT2D eigenvalue weighted by molar-refractivity contribution is 5.95. The zero-order valence-corrected chi connectivity index (χ0v) is 9.62. The van der Waals surface area contributed by atoms with E-state index in [0.29, 0.717) is 10.8 Å². The Hall–Kier alpha value is -2.05. The Kier molecular flexibility index (Phi) is 3.46. The van der Waals surface area contributed by atoms with Gasteiger partial charge in [0.15, 0.2) is 6.61 Å². The summed E-state index contributed by atoms with van der Waals surface area (Å²) < 4.78 is 54.2. The Morgan fingerprint density at radius 3 is 2.68 bits per heavy atom. The first-order valence-electron chi connectivity index (χ1n) is 5.33. The summed E-state index contributed by atoms with van der Waals surface area (Å²) in [6, 6.07) is 4.50. The average molecular weight is 274 g/mol. The van der Waals surface area contributed by atoms with E-state index < -0.39 is 19.0 Å². The van der Waals surface area contributed by atoms with Crippen molar-refractivity contribution in [3.05, 3.63) is 30.6 Å². The van der Waals surface area contributed by atoms with Crippen molar-refractivity contribution in [3.8, 4) is 5.75 Å². The number of hydrogen-bond acceptors (Lipinski definition) is 3. The van der Waals surface area contributed by atoms with Gasteiger partial charge < -0.3 is 10.5 Å². The molecule has 1 aromatic heterocycles. The van der Waals surface area contributed by atoms with Crippen LogP contribution in [-0.2, 0) is 0 Å². The molecule has 0 aliphatic heterocycles. The normalized spacial score (nSPS) is 12.1. The molecule has 2 N–H and O–H groups in total. The van der Waals surface area contributed by atoms with Crippen molar-refractivity contribution in [1.29, 1.82) is 0 Å². The molecule has 2 rings (SSSR count). The third-order valence-corrected chi connectivity index (χ3v) is 2.56. The molecule has 0 saturated carbocycles. The third-order valence-electron chi connectivity index (χ3n) is 2.56. The van der Waals surface area contributed by atoms with E-state index in [2.05, 4.69) is 4.98 Å². The van der Waals surface area contributed by atoms with Gasteiger partial charge in [-0.15, -0.1) is 0 Å². The molecule has 0 spiro atoms. The van der Waals surface area contributed by atoms with Crippen LogP contribution in [0.4, 0.5) is 23.2 Å². The minimum absolute atomic E-state index is 0.0565. The van der Waals surface area contributed by atoms with Crippen molar-refractivity contribution in [2.24, 2.45) is 0 Å². The van der Waals surface area contributed by atoms with Crippen LogP contribution in [0.1, 0.15) is 0 Å². The Bertz CT molecular complexity index is 589. The van der Waals surface area contributed by atoms with Gasteiger partial charge in [-0.1, -0.05) is 0 Å². The summed E-state index contributed by atoms with van der Waals surface area (Å²) in [5.41, 5.74) is 5.85. The summed E-state index contributed by atoms with van der Waals surface area (Å²) in [7, 11) is 0. The van der Waals surface area contributed by atoms with Gasteiger partial charge in [0, 0.05) is 23.2 Å². The summed E-state index contributed by atoms with van der Waals surface area (Å²) in [5.74, 6) is -4.27. The summed E-state index contributed by atoms with van der Waals surface area (Å²) in [4.78, 5) is 3.88. The van der Waals surface area contributed by atoms with E-state index in [1.54, 1.807) is 18.3 Å². The smallest absolute Gasteiger partial charge is 0.340 e. The van der Waals surface area contributed by atoms with Gasteiger partial charge in [0.05, 0.1) is 5.69 Å². The van der Waals surface area contributed by atoms with E-state index in [4.69, 9.17) is 10.5 Å². The SMILES string of the molecule is Nc1c(OCC(F)(F)C(F)F)ccc2cnccc12. The minimum atomic E-state index is -4.21. The number of ether oxygens (including phenoxy) is 1. The molecule has 0 aliphatic carbocycles. The lowest BCUT2D eigenvalue weighted by molar-refractivity contribution is -0.148. The average Bonchev–Trinajstić information content (AvgIpc) is 2.38. The van der Waals surface area contributed by atoms with Crippen molar-refractivity contribution in [2.75, 3.05) is 12.3 Å². The predicted molar refractivity (Wildman–Crippen MR) is 62.6 cm³/mol. The van der Waals surface area contributed by atoms with Crippen LogP contribution in [-0.4, -0.2) is 23.9 Å². The number of benzene rings is 1. The monoisotopic (exact) mass is 274 g/mol. The number of halogens is 4. The quantitative estimate of drug-likeness (QED) is 0.688. The van der Waals surface area contributed by atoms with Crippen LogP contribution in [0, 0.1) is 0 Å². The first-order valence-corrected chi connectivity index (χ1v) is 5.33. The summed E-state index contributed by atoms with van der Waals surface area (Å²) >= 11 is 0. The summed E-state index contributed by atoms with van der Waals surface area (Å²) in [6.07, 6.45) is -0.752. The number of nitrogens with zero attached hydrogens (tertiary/aromatic N) is 1. The van der Waals surface area contributed by atoms with Crippen molar-refractivity contribution in [3.63, 3.8) is 0 Å². The van der Waals surface area contributed by atoms with E-state index in [0.717, 1.165) is 0 Å². The molecular weight excluding hydrogens is 264 g/mol. The number of nitrogen functional groups attached to an aromatic ring is 1. The Morgan fingerprint density at radius 1 is 1.26 bits per heavy atom. The van der Waals surface area contributed by atoms with Crippen LogP contribution in [0.15, 0.2) is 30.6 Å². The van der Waals surface area contributed by atoms with Gasteiger partial charge in [0.25, 0.3) is 0 Å². The molecule has 0 bridgehead atoms. The Balaban J connectivity index is 2.25. The number of fused-ring (bicyclic) bond motifs is 1. The van der Waals surface area contributed by atoms with E-state index >= 15 is 0 Å². The van der Waals surface area contributed by atoms with Gasteiger partial charge in [0.1, 0.15) is 5.75 Å². The highest BCUT2D eigenvalue weighted by Gasteiger charge is 2.41. The molecule has 3 nitrogen and oxygen atoms in total. The first kappa shape index (κ1) is 13.4. The van der Waals surface area contributed by atoms with Crippen LogP contribution in [0.25, 0.3) is 10.8 Å². The van der Waals surface area contributed by atoms with E-state index in [1.807, 2.05) is 0 Å². The molecule has 102 valence electrons. The molecule has 0 fully saturated rings. The van der Waals surface area contributed by atoms with Gasteiger partial charge in [0.2, 0.25) is 0 Å². The zero-order chi connectivity index (χ0) is 14.0. The maximum Gasteiger partial charge on any atom is 0.340 e. The third kappa shape index (κ3) is 2.69. The number of hydrogen-bond donors (Lipinski definition) is 1. The van der Waals surface area contributed by atoms with Gasteiger partial charge >= 0.3 is 12.3 Å². The fourth-order valence-corrected chi connectivity index (χ4v) is 1.54. The molecule has 0 radical (unpaired) electrons. The standard InChI is InChI=1S/C12H10F4N2O/c13-11(14)12(15,16)6-19-9-2-1-7-5-18-4-3-8(7)10(9)17/h1-5,11H,6,17H2. The van der Waals surface area contributed by atoms with Gasteiger partial charge in [-0.25, -0.2) is 8.78 Å². The van der Waals surface area contributed by atoms with Gasteiger partial charge in [-0.05, 0) is 18.2 Å². The van der Waals surface area contributed by atoms with Crippen LogP contribution >= 0.6 is 0 Å². The van der Waals surface area contributed by atoms with Crippen LogP contribution in [0.5, 0.6) is 5.75 Å². The maximum absolute atomic E-state index is 12.8. The lowest BCUT2D eigenvalue weighted by Crippen LogP contribution is -2.33. The minimum Gasteiger partial charge on any atom is -0.485 e. The Labute approximate surface area is 106 Å². The highest BCUT2D eigenvalue weighted by Crippen LogP contribution is 2.32. The highest BCUT2D eigenvalue weighted by atomic mass is 19.3. The number of rotatable bonds is 4. The van der Waals surface area contributed by atoms with Crippen molar-refractivity contribution in [1.82, 2.24) is 4.98 Å².